The monoisotopic (exact) mass is 394 g/mol. The van der Waals surface area contributed by atoms with Gasteiger partial charge in [-0.05, 0) is 53.8 Å². The molecular formula is C21H19ClN4S. The van der Waals surface area contributed by atoms with E-state index in [0.717, 1.165) is 44.8 Å². The summed E-state index contributed by atoms with van der Waals surface area (Å²) in [7, 11) is 0. The summed E-state index contributed by atoms with van der Waals surface area (Å²) in [6.07, 6.45) is 2.57. The number of hydrogen-bond donors (Lipinski definition) is 2. The summed E-state index contributed by atoms with van der Waals surface area (Å²) in [5, 5.41) is 4.23. The van der Waals surface area contributed by atoms with Gasteiger partial charge in [0.05, 0.1) is 22.8 Å². The number of aromatic nitrogens is 1. The van der Waals surface area contributed by atoms with Gasteiger partial charge in [0.25, 0.3) is 0 Å². The first-order chi connectivity index (χ1) is 13.2. The minimum Gasteiger partial charge on any atom is -0.324 e. The van der Waals surface area contributed by atoms with Gasteiger partial charge in [0.15, 0.2) is 0 Å². The van der Waals surface area contributed by atoms with Crippen molar-refractivity contribution in [3.05, 3.63) is 88.2 Å². The molecule has 1 aliphatic rings. The standard InChI is InChI=1S/C21H19ClN4S/c1-14-6-5-11-23-18(14)13-24-21-25-20-16(8-4-10-19(20)27-26-21)12-15-7-2-3-9-17(15)22/h2-11H,12-13H2,1H3,(H2,24,25,26). The largest absolute Gasteiger partial charge is 0.324 e. The summed E-state index contributed by atoms with van der Waals surface area (Å²) < 4.78 is 3.27. The number of halogens is 1. The number of nitrogens with one attached hydrogen (secondary N) is 2. The number of guanidine groups is 1. The minimum atomic E-state index is 0.532. The van der Waals surface area contributed by atoms with E-state index in [4.69, 9.17) is 11.6 Å². The van der Waals surface area contributed by atoms with Crippen LogP contribution in [0.4, 0.5) is 5.69 Å². The van der Waals surface area contributed by atoms with E-state index in [1.807, 2.05) is 24.3 Å². The van der Waals surface area contributed by atoms with Gasteiger partial charge >= 0.3 is 0 Å². The quantitative estimate of drug-likeness (QED) is 0.596. The second kappa shape index (κ2) is 8.03. The molecule has 0 aliphatic carbocycles. The first-order valence-corrected chi connectivity index (χ1v) is 9.90. The molecule has 4 nitrogen and oxygen atoms in total. The Morgan fingerprint density at radius 2 is 1.89 bits per heavy atom. The van der Waals surface area contributed by atoms with Gasteiger partial charge in [-0.15, -0.1) is 0 Å². The number of rotatable bonds is 4. The highest BCUT2D eigenvalue weighted by Crippen LogP contribution is 2.34. The van der Waals surface area contributed by atoms with Crippen molar-refractivity contribution < 1.29 is 0 Å². The normalized spacial score (nSPS) is 14.4. The van der Waals surface area contributed by atoms with E-state index in [0.29, 0.717) is 6.54 Å². The predicted molar refractivity (Wildman–Crippen MR) is 113 cm³/mol. The van der Waals surface area contributed by atoms with Crippen molar-refractivity contribution in [1.82, 2.24) is 9.71 Å². The maximum Gasteiger partial charge on any atom is 0.206 e. The third-order valence-electron chi connectivity index (χ3n) is 4.46. The topological polar surface area (TPSA) is 49.3 Å². The molecule has 27 heavy (non-hydrogen) atoms. The van der Waals surface area contributed by atoms with Crippen LogP contribution in [-0.4, -0.2) is 10.9 Å². The number of pyridine rings is 1. The zero-order valence-electron chi connectivity index (χ0n) is 14.9. The van der Waals surface area contributed by atoms with Crippen LogP contribution < -0.4 is 10.0 Å². The SMILES string of the molecule is Cc1cccnc1CN=C1NSc2cccc(Cc3ccccc3Cl)c2N1. The van der Waals surface area contributed by atoms with Crippen LogP contribution in [0.1, 0.15) is 22.4 Å². The summed E-state index contributed by atoms with van der Waals surface area (Å²) in [6.45, 7) is 2.58. The highest BCUT2D eigenvalue weighted by molar-refractivity contribution is 7.98. The fourth-order valence-electron chi connectivity index (χ4n) is 2.95. The molecule has 2 aromatic carbocycles. The van der Waals surface area contributed by atoms with Crippen LogP contribution in [0.3, 0.4) is 0 Å². The summed E-state index contributed by atoms with van der Waals surface area (Å²) in [4.78, 5) is 10.2. The highest BCUT2D eigenvalue weighted by atomic mass is 35.5. The van der Waals surface area contributed by atoms with E-state index < -0.39 is 0 Å². The first kappa shape index (κ1) is 17.9. The predicted octanol–water partition coefficient (Wildman–Crippen LogP) is 5.21. The Labute approximate surface area is 168 Å². The van der Waals surface area contributed by atoms with Crippen LogP contribution >= 0.6 is 23.5 Å². The van der Waals surface area contributed by atoms with Gasteiger partial charge in [-0.2, -0.15) is 0 Å². The van der Waals surface area contributed by atoms with Gasteiger partial charge in [-0.3, -0.25) is 9.71 Å². The molecule has 2 N–H and O–H groups in total. The van der Waals surface area contributed by atoms with Crippen molar-refractivity contribution in [3.63, 3.8) is 0 Å². The Kier molecular flexibility index (Phi) is 5.32. The number of aryl methyl sites for hydroxylation is 1. The van der Waals surface area contributed by atoms with Crippen LogP contribution in [-0.2, 0) is 13.0 Å². The van der Waals surface area contributed by atoms with Gasteiger partial charge < -0.3 is 5.32 Å². The van der Waals surface area contributed by atoms with Gasteiger partial charge in [-0.1, -0.05) is 48.0 Å². The van der Waals surface area contributed by atoms with Crippen LogP contribution in [0.25, 0.3) is 0 Å². The number of nitrogens with zero attached hydrogens (tertiary/aromatic N) is 2. The van der Waals surface area contributed by atoms with Gasteiger partial charge in [-0.25, -0.2) is 4.99 Å². The Hall–Kier alpha value is -2.50. The molecule has 0 bridgehead atoms. The fourth-order valence-corrected chi connectivity index (χ4v) is 3.91. The van der Waals surface area contributed by atoms with E-state index in [1.165, 1.54) is 5.56 Å². The molecule has 0 amide bonds. The Balaban J connectivity index is 1.57. The average molecular weight is 395 g/mol. The molecule has 2 heterocycles. The van der Waals surface area contributed by atoms with Crippen molar-refractivity contribution in [1.29, 1.82) is 0 Å². The third-order valence-corrected chi connectivity index (χ3v) is 5.68. The lowest BCUT2D eigenvalue weighted by Gasteiger charge is -2.23. The first-order valence-electron chi connectivity index (χ1n) is 8.71. The Bertz CT molecular complexity index is 1000. The molecule has 0 spiro atoms. The lowest BCUT2D eigenvalue weighted by Crippen LogP contribution is -2.30. The number of anilines is 1. The summed E-state index contributed by atoms with van der Waals surface area (Å²) in [5.74, 6) is 0.740. The molecule has 1 aliphatic heterocycles. The molecule has 6 heteroatoms. The number of para-hydroxylation sites is 1. The smallest absolute Gasteiger partial charge is 0.206 e. The Morgan fingerprint density at radius 1 is 1.04 bits per heavy atom. The van der Waals surface area contributed by atoms with Crippen LogP contribution in [0.5, 0.6) is 0 Å². The summed E-state index contributed by atoms with van der Waals surface area (Å²) in [5.41, 5.74) is 5.51. The molecule has 0 unspecified atom stereocenters. The van der Waals surface area contributed by atoms with Crippen LogP contribution in [0.2, 0.25) is 5.02 Å². The summed E-state index contributed by atoms with van der Waals surface area (Å²) in [6, 6.07) is 18.2. The fraction of sp³-hybridized carbons (Fsp3) is 0.143. The van der Waals surface area contributed by atoms with Crippen molar-refractivity contribution in [2.75, 3.05) is 5.32 Å². The number of benzene rings is 2. The molecule has 0 fully saturated rings. The van der Waals surface area contributed by atoms with Gasteiger partial charge in [0.2, 0.25) is 5.96 Å². The van der Waals surface area contributed by atoms with E-state index in [9.17, 15) is 0 Å². The average Bonchev–Trinajstić information content (AvgIpc) is 2.69. The zero-order chi connectivity index (χ0) is 18.6. The van der Waals surface area contributed by atoms with Crippen LogP contribution in [0.15, 0.2) is 70.7 Å². The molecule has 0 saturated carbocycles. The van der Waals surface area contributed by atoms with E-state index in [2.05, 4.69) is 57.3 Å². The van der Waals surface area contributed by atoms with Gasteiger partial charge in [0, 0.05) is 17.6 Å². The highest BCUT2D eigenvalue weighted by Gasteiger charge is 2.17. The van der Waals surface area contributed by atoms with E-state index >= 15 is 0 Å². The Morgan fingerprint density at radius 3 is 2.74 bits per heavy atom. The van der Waals surface area contributed by atoms with Crippen LogP contribution in [0, 0.1) is 6.92 Å². The minimum absolute atomic E-state index is 0.532. The molecular weight excluding hydrogens is 376 g/mol. The molecule has 0 saturated heterocycles. The van der Waals surface area contributed by atoms with Crippen molar-refractivity contribution in [2.45, 2.75) is 24.8 Å². The lowest BCUT2D eigenvalue weighted by atomic mass is 10.0. The summed E-state index contributed by atoms with van der Waals surface area (Å²) >= 11 is 7.92. The zero-order valence-corrected chi connectivity index (χ0v) is 16.4. The molecule has 0 atom stereocenters. The molecule has 0 radical (unpaired) electrons. The number of aliphatic imine (C=N–C) groups is 1. The van der Waals surface area contributed by atoms with Crippen molar-refractivity contribution in [2.24, 2.45) is 4.99 Å². The number of fused-ring (bicyclic) bond motifs is 1. The van der Waals surface area contributed by atoms with E-state index in [-0.39, 0.29) is 0 Å². The molecule has 136 valence electrons. The van der Waals surface area contributed by atoms with E-state index in [1.54, 1.807) is 18.1 Å². The van der Waals surface area contributed by atoms with Crippen molar-refractivity contribution >= 4 is 35.2 Å². The second-order valence-corrected chi connectivity index (χ2v) is 7.57. The molecule has 3 aromatic rings. The third kappa shape index (κ3) is 4.10. The molecule has 4 rings (SSSR count). The number of hydrogen-bond acceptors (Lipinski definition) is 3. The maximum absolute atomic E-state index is 6.35. The lowest BCUT2D eigenvalue weighted by molar-refractivity contribution is 0.960. The van der Waals surface area contributed by atoms with Gasteiger partial charge in [0.1, 0.15) is 0 Å². The molecule has 1 aromatic heterocycles. The second-order valence-electron chi connectivity index (χ2n) is 6.32. The maximum atomic E-state index is 6.35. The van der Waals surface area contributed by atoms with Crippen molar-refractivity contribution in [3.8, 4) is 0 Å².